The molecule has 0 heterocycles. The molecule has 130 valence electrons. The summed E-state index contributed by atoms with van der Waals surface area (Å²) in [5, 5.41) is 18.5. The van der Waals surface area contributed by atoms with Crippen LogP contribution in [-0.2, 0) is 4.79 Å². The van der Waals surface area contributed by atoms with Crippen LogP contribution >= 0.6 is 0 Å². The van der Waals surface area contributed by atoms with Crippen molar-refractivity contribution in [3.05, 3.63) is 59.7 Å². The molecular formula is C19H19NO5. The van der Waals surface area contributed by atoms with Crippen LogP contribution in [0.5, 0.6) is 11.5 Å². The molecule has 0 unspecified atom stereocenters. The van der Waals surface area contributed by atoms with Crippen molar-refractivity contribution in [3.63, 3.8) is 0 Å². The molecule has 25 heavy (non-hydrogen) atoms. The molecule has 0 atom stereocenters. The van der Waals surface area contributed by atoms with Crippen molar-refractivity contribution in [1.29, 1.82) is 0 Å². The van der Waals surface area contributed by atoms with E-state index < -0.39 is 18.4 Å². The van der Waals surface area contributed by atoms with Crippen LogP contribution in [0.1, 0.15) is 15.9 Å². The van der Waals surface area contributed by atoms with Gasteiger partial charge in [-0.15, -0.1) is 0 Å². The van der Waals surface area contributed by atoms with Crippen LogP contribution in [-0.4, -0.2) is 42.7 Å². The van der Waals surface area contributed by atoms with Crippen LogP contribution in [0.25, 0.3) is 6.08 Å². The molecule has 6 heteroatoms. The van der Waals surface area contributed by atoms with Gasteiger partial charge in [0.05, 0.1) is 5.56 Å². The summed E-state index contributed by atoms with van der Waals surface area (Å²) in [5.41, 5.74) is 1.94. The number of hydrogen-bond donors (Lipinski definition) is 2. The summed E-state index contributed by atoms with van der Waals surface area (Å²) in [4.78, 5) is 24.8. The molecule has 2 aromatic rings. The number of aromatic hydroxyl groups is 1. The number of carbonyl (C=O) groups excluding carboxylic acids is 1. The van der Waals surface area contributed by atoms with E-state index in [-0.39, 0.29) is 17.1 Å². The summed E-state index contributed by atoms with van der Waals surface area (Å²) in [6, 6.07) is 11.6. The van der Waals surface area contributed by atoms with E-state index in [1.807, 2.05) is 43.3 Å². The molecule has 0 radical (unpaired) electrons. The molecule has 0 amide bonds. The standard InChI is InChI=1S/C19H19NO5/c1-20(2)14-6-3-13(4-7-14)5-9-17(21)16-11-15(8-10-18(16)22)25-12-19(23)24/h3-11,22H,12H2,1-2H3,(H,23,24). The van der Waals surface area contributed by atoms with Crippen molar-refractivity contribution in [2.24, 2.45) is 0 Å². The first kappa shape index (κ1) is 18.1. The topological polar surface area (TPSA) is 87.1 Å². The zero-order chi connectivity index (χ0) is 18.4. The number of allylic oxidation sites excluding steroid dienone is 1. The Morgan fingerprint density at radius 1 is 1.12 bits per heavy atom. The van der Waals surface area contributed by atoms with Gasteiger partial charge in [-0.25, -0.2) is 4.79 Å². The van der Waals surface area contributed by atoms with Gasteiger partial charge in [0.25, 0.3) is 0 Å². The number of nitrogens with zero attached hydrogens (tertiary/aromatic N) is 1. The number of ether oxygens (including phenoxy) is 1. The molecule has 0 saturated heterocycles. The zero-order valence-corrected chi connectivity index (χ0v) is 14.0. The van der Waals surface area contributed by atoms with Gasteiger partial charge in [0.2, 0.25) is 0 Å². The Labute approximate surface area is 145 Å². The van der Waals surface area contributed by atoms with Gasteiger partial charge in [-0.05, 0) is 42.0 Å². The lowest BCUT2D eigenvalue weighted by molar-refractivity contribution is -0.139. The lowest BCUT2D eigenvalue weighted by Crippen LogP contribution is -2.09. The first-order chi connectivity index (χ1) is 11.9. The number of carboxylic acids is 1. The molecule has 0 spiro atoms. The van der Waals surface area contributed by atoms with E-state index in [9.17, 15) is 14.7 Å². The highest BCUT2D eigenvalue weighted by Gasteiger charge is 2.11. The summed E-state index contributed by atoms with van der Waals surface area (Å²) in [7, 11) is 3.88. The number of phenolic OH excluding ortho intramolecular Hbond substituents is 1. The van der Waals surface area contributed by atoms with E-state index in [1.54, 1.807) is 6.08 Å². The molecule has 6 nitrogen and oxygen atoms in total. The number of benzene rings is 2. The van der Waals surface area contributed by atoms with Crippen molar-refractivity contribution in [2.75, 3.05) is 25.6 Å². The van der Waals surface area contributed by atoms with Crippen LogP contribution < -0.4 is 9.64 Å². The van der Waals surface area contributed by atoms with E-state index in [1.165, 1.54) is 24.3 Å². The normalized spacial score (nSPS) is 10.6. The fourth-order valence-electron chi connectivity index (χ4n) is 2.09. The maximum Gasteiger partial charge on any atom is 0.341 e. The summed E-state index contributed by atoms with van der Waals surface area (Å²) in [6.07, 6.45) is 2.99. The van der Waals surface area contributed by atoms with E-state index in [4.69, 9.17) is 9.84 Å². The zero-order valence-electron chi connectivity index (χ0n) is 14.0. The Hall–Kier alpha value is -3.28. The third kappa shape index (κ3) is 5.10. The van der Waals surface area contributed by atoms with Crippen LogP contribution in [0.3, 0.4) is 0 Å². The number of phenols is 1. The van der Waals surface area contributed by atoms with Crippen molar-refractivity contribution in [3.8, 4) is 11.5 Å². The highest BCUT2D eigenvalue weighted by atomic mass is 16.5. The van der Waals surface area contributed by atoms with Gasteiger partial charge in [0, 0.05) is 19.8 Å². The van der Waals surface area contributed by atoms with Gasteiger partial charge in [-0.2, -0.15) is 0 Å². The third-order valence-corrected chi connectivity index (χ3v) is 3.43. The first-order valence-electron chi connectivity index (χ1n) is 7.54. The Balaban J connectivity index is 2.13. The second-order valence-corrected chi connectivity index (χ2v) is 5.54. The fourth-order valence-corrected chi connectivity index (χ4v) is 2.09. The predicted molar refractivity (Wildman–Crippen MR) is 95.4 cm³/mol. The van der Waals surface area contributed by atoms with Crippen LogP contribution in [0.15, 0.2) is 48.5 Å². The van der Waals surface area contributed by atoms with Crippen LogP contribution in [0, 0.1) is 0 Å². The quantitative estimate of drug-likeness (QED) is 0.595. The number of rotatable bonds is 7. The Kier molecular flexibility index (Phi) is 5.79. The monoisotopic (exact) mass is 341 g/mol. The molecule has 2 N–H and O–H groups in total. The number of carboxylic acid groups (broad SMARTS) is 1. The molecule has 0 bridgehead atoms. The lowest BCUT2D eigenvalue weighted by Gasteiger charge is -2.11. The molecule has 0 aliphatic rings. The average molecular weight is 341 g/mol. The highest BCUT2D eigenvalue weighted by Crippen LogP contribution is 2.24. The van der Waals surface area contributed by atoms with Crippen molar-refractivity contribution in [1.82, 2.24) is 0 Å². The summed E-state index contributed by atoms with van der Waals surface area (Å²) in [6.45, 7) is -0.521. The summed E-state index contributed by atoms with van der Waals surface area (Å²) < 4.78 is 5.02. The molecule has 0 aromatic heterocycles. The smallest absolute Gasteiger partial charge is 0.341 e. The van der Waals surface area contributed by atoms with E-state index in [2.05, 4.69) is 0 Å². The average Bonchev–Trinajstić information content (AvgIpc) is 2.59. The van der Waals surface area contributed by atoms with Gasteiger partial charge in [-0.3, -0.25) is 4.79 Å². The number of carbonyl (C=O) groups is 2. The van der Waals surface area contributed by atoms with E-state index >= 15 is 0 Å². The van der Waals surface area contributed by atoms with Gasteiger partial charge in [0.15, 0.2) is 12.4 Å². The lowest BCUT2D eigenvalue weighted by atomic mass is 10.1. The molecule has 0 aliphatic carbocycles. The second-order valence-electron chi connectivity index (χ2n) is 5.54. The second kappa shape index (κ2) is 8.01. The van der Waals surface area contributed by atoms with Crippen LogP contribution in [0.2, 0.25) is 0 Å². The fraction of sp³-hybridized carbons (Fsp3) is 0.158. The minimum absolute atomic E-state index is 0.0454. The molecule has 0 saturated carbocycles. The molecule has 0 fully saturated rings. The van der Waals surface area contributed by atoms with E-state index in [0.717, 1.165) is 11.3 Å². The van der Waals surface area contributed by atoms with Crippen LogP contribution in [0.4, 0.5) is 5.69 Å². The Morgan fingerprint density at radius 3 is 2.40 bits per heavy atom. The molecule has 2 rings (SSSR count). The Morgan fingerprint density at radius 2 is 1.80 bits per heavy atom. The minimum atomic E-state index is -1.12. The predicted octanol–water partition coefficient (Wildman–Crippen LogP) is 2.82. The third-order valence-electron chi connectivity index (χ3n) is 3.43. The molecular weight excluding hydrogens is 322 g/mol. The maximum atomic E-state index is 12.3. The highest BCUT2D eigenvalue weighted by molar-refractivity contribution is 6.08. The number of hydrogen-bond acceptors (Lipinski definition) is 5. The van der Waals surface area contributed by atoms with Gasteiger partial charge in [0.1, 0.15) is 11.5 Å². The molecule has 2 aromatic carbocycles. The summed E-state index contributed by atoms with van der Waals surface area (Å²) >= 11 is 0. The number of aliphatic carboxylic acids is 1. The van der Waals surface area contributed by atoms with Crippen molar-refractivity contribution >= 4 is 23.5 Å². The van der Waals surface area contributed by atoms with Gasteiger partial charge < -0.3 is 19.8 Å². The molecule has 0 aliphatic heterocycles. The van der Waals surface area contributed by atoms with Crippen molar-refractivity contribution in [2.45, 2.75) is 0 Å². The van der Waals surface area contributed by atoms with Crippen molar-refractivity contribution < 1.29 is 24.5 Å². The number of anilines is 1. The Bertz CT molecular complexity index is 794. The van der Waals surface area contributed by atoms with Gasteiger partial charge >= 0.3 is 5.97 Å². The van der Waals surface area contributed by atoms with Gasteiger partial charge in [-0.1, -0.05) is 18.2 Å². The van der Waals surface area contributed by atoms with E-state index in [0.29, 0.717) is 0 Å². The summed E-state index contributed by atoms with van der Waals surface area (Å²) in [5.74, 6) is -1.52. The number of ketones is 1. The largest absolute Gasteiger partial charge is 0.507 e. The minimum Gasteiger partial charge on any atom is -0.507 e. The maximum absolute atomic E-state index is 12.3. The first-order valence-corrected chi connectivity index (χ1v) is 7.54. The SMILES string of the molecule is CN(C)c1ccc(C=CC(=O)c2cc(OCC(=O)O)ccc2O)cc1.